The monoisotopic (exact) mass is 421 g/mol. The van der Waals surface area contributed by atoms with Gasteiger partial charge in [0, 0.05) is 35.3 Å². The fraction of sp³-hybridized carbons (Fsp3) is 0.174. The largest absolute Gasteiger partial charge is 0.487 e. The van der Waals surface area contributed by atoms with Gasteiger partial charge in [0.15, 0.2) is 0 Å². The van der Waals surface area contributed by atoms with E-state index in [1.54, 1.807) is 49.6 Å². The number of nitrogens with zero attached hydrogens (tertiary/aromatic N) is 1. The minimum atomic E-state index is -0.294. The Bertz CT molecular complexity index is 1090. The van der Waals surface area contributed by atoms with Gasteiger partial charge in [0.05, 0.1) is 10.7 Å². The van der Waals surface area contributed by atoms with Crippen molar-refractivity contribution >= 4 is 34.9 Å². The van der Waals surface area contributed by atoms with Crippen LogP contribution in [0.25, 0.3) is 6.08 Å². The first kappa shape index (κ1) is 21.3. The predicted molar refractivity (Wildman–Crippen MR) is 120 cm³/mol. The molecule has 0 atom stereocenters. The number of hydrogen-bond acceptors (Lipinski definition) is 5. The van der Waals surface area contributed by atoms with Crippen LogP contribution in [0, 0.1) is 13.8 Å². The summed E-state index contributed by atoms with van der Waals surface area (Å²) in [7, 11) is 1.57. The average molecular weight is 422 g/mol. The lowest BCUT2D eigenvalue weighted by atomic mass is 10.1. The highest BCUT2D eigenvalue weighted by Crippen LogP contribution is 2.22. The molecule has 0 saturated heterocycles. The van der Waals surface area contributed by atoms with Gasteiger partial charge in [0.2, 0.25) is 5.91 Å². The van der Waals surface area contributed by atoms with Crippen molar-refractivity contribution in [2.75, 3.05) is 12.4 Å². The van der Waals surface area contributed by atoms with Crippen LogP contribution < -0.4 is 15.4 Å². The van der Waals surface area contributed by atoms with Gasteiger partial charge in [-0.25, -0.2) is 4.98 Å². The maximum Gasteiger partial charge on any atom is 0.251 e. The molecule has 1 heterocycles. The van der Waals surface area contributed by atoms with Crippen LogP contribution in [-0.4, -0.2) is 23.8 Å². The van der Waals surface area contributed by atoms with Gasteiger partial charge in [-0.05, 0) is 43.7 Å². The zero-order valence-electron chi connectivity index (χ0n) is 17.1. The van der Waals surface area contributed by atoms with Gasteiger partial charge in [-0.15, -0.1) is 11.3 Å². The topological polar surface area (TPSA) is 80.3 Å². The summed E-state index contributed by atoms with van der Waals surface area (Å²) in [6.07, 6.45) is 3.15. The second-order valence-electron chi connectivity index (χ2n) is 6.56. The van der Waals surface area contributed by atoms with E-state index in [1.165, 1.54) is 6.08 Å². The van der Waals surface area contributed by atoms with E-state index in [4.69, 9.17) is 4.74 Å². The van der Waals surface area contributed by atoms with Crippen molar-refractivity contribution in [3.63, 3.8) is 0 Å². The highest BCUT2D eigenvalue weighted by molar-refractivity contribution is 7.09. The Labute approximate surface area is 179 Å². The molecular weight excluding hydrogens is 398 g/mol. The molecule has 3 rings (SSSR count). The Morgan fingerprint density at radius 2 is 1.93 bits per heavy atom. The number of amides is 2. The van der Waals surface area contributed by atoms with Crippen molar-refractivity contribution in [2.24, 2.45) is 0 Å². The van der Waals surface area contributed by atoms with Crippen molar-refractivity contribution in [3.8, 4) is 5.75 Å². The number of ether oxygens (including phenoxy) is 1. The lowest BCUT2D eigenvalue weighted by Crippen LogP contribution is -2.20. The summed E-state index contributed by atoms with van der Waals surface area (Å²) >= 11 is 1.58. The van der Waals surface area contributed by atoms with E-state index < -0.39 is 0 Å². The summed E-state index contributed by atoms with van der Waals surface area (Å²) < 4.78 is 5.88. The lowest BCUT2D eigenvalue weighted by Gasteiger charge is -2.11. The smallest absolute Gasteiger partial charge is 0.251 e. The van der Waals surface area contributed by atoms with Gasteiger partial charge in [0.1, 0.15) is 12.4 Å². The van der Waals surface area contributed by atoms with Gasteiger partial charge >= 0.3 is 0 Å². The highest BCUT2D eigenvalue weighted by Gasteiger charge is 2.11. The predicted octanol–water partition coefficient (Wildman–Crippen LogP) is 4.35. The number of rotatable bonds is 7. The first-order chi connectivity index (χ1) is 14.5. The molecule has 0 aliphatic heterocycles. The van der Waals surface area contributed by atoms with Crippen LogP contribution in [0.4, 0.5) is 5.69 Å². The Balaban J connectivity index is 1.69. The minimum Gasteiger partial charge on any atom is -0.487 e. The second kappa shape index (κ2) is 9.84. The van der Waals surface area contributed by atoms with Gasteiger partial charge in [-0.2, -0.15) is 0 Å². The number of aryl methyl sites for hydroxylation is 1. The van der Waals surface area contributed by atoms with Gasteiger partial charge in [-0.3, -0.25) is 9.59 Å². The number of benzene rings is 2. The third-order valence-corrected chi connectivity index (χ3v) is 5.26. The van der Waals surface area contributed by atoms with Gasteiger partial charge in [-0.1, -0.05) is 24.3 Å². The molecule has 0 bridgehead atoms. The van der Waals surface area contributed by atoms with Crippen molar-refractivity contribution < 1.29 is 14.3 Å². The molecule has 30 heavy (non-hydrogen) atoms. The molecule has 7 heteroatoms. The number of hydrogen-bond donors (Lipinski definition) is 2. The molecule has 154 valence electrons. The van der Waals surface area contributed by atoms with Crippen LogP contribution in [0.15, 0.2) is 53.9 Å². The van der Waals surface area contributed by atoms with Crippen molar-refractivity contribution in [3.05, 3.63) is 81.3 Å². The average Bonchev–Trinajstić information content (AvgIpc) is 3.17. The summed E-state index contributed by atoms with van der Waals surface area (Å²) in [4.78, 5) is 28.8. The normalized spacial score (nSPS) is 10.8. The molecule has 0 fully saturated rings. The van der Waals surface area contributed by atoms with E-state index in [0.29, 0.717) is 29.2 Å². The molecule has 0 unspecified atom stereocenters. The third kappa shape index (κ3) is 5.33. The number of carbonyl (C=O) groups excluding carboxylic acids is 2. The van der Waals surface area contributed by atoms with Crippen LogP contribution in [0.1, 0.15) is 32.2 Å². The number of para-hydroxylation sites is 1. The summed E-state index contributed by atoms with van der Waals surface area (Å²) in [6, 6.07) is 12.7. The standard InChI is InChI=1S/C23H23N3O3S/c1-15-19(23(28)24-3)8-6-9-20(15)26-22(27)12-11-17-7-4-5-10-21(17)29-13-18-14-30-16(2)25-18/h4-12,14H,13H2,1-3H3,(H,24,28)(H,26,27)/b12-11+. The molecule has 2 N–H and O–H groups in total. The summed E-state index contributed by atoms with van der Waals surface area (Å²) in [6.45, 7) is 4.12. The fourth-order valence-electron chi connectivity index (χ4n) is 2.87. The summed E-state index contributed by atoms with van der Waals surface area (Å²) in [5.41, 5.74) is 3.49. The minimum absolute atomic E-state index is 0.194. The molecule has 0 radical (unpaired) electrons. The first-order valence-corrected chi connectivity index (χ1v) is 10.3. The molecule has 0 saturated carbocycles. The molecule has 0 spiro atoms. The van der Waals surface area contributed by atoms with E-state index in [-0.39, 0.29) is 11.8 Å². The molecule has 0 aliphatic carbocycles. The summed E-state index contributed by atoms with van der Waals surface area (Å²) in [5.74, 6) is 0.183. The number of anilines is 1. The maximum atomic E-state index is 12.4. The molecule has 2 aromatic carbocycles. The van der Waals surface area contributed by atoms with E-state index in [9.17, 15) is 9.59 Å². The Hall–Kier alpha value is -3.45. The Morgan fingerprint density at radius 1 is 1.13 bits per heavy atom. The molecule has 6 nitrogen and oxygen atoms in total. The highest BCUT2D eigenvalue weighted by atomic mass is 32.1. The number of thiazole rings is 1. The van der Waals surface area contributed by atoms with E-state index in [2.05, 4.69) is 15.6 Å². The molecular formula is C23H23N3O3S. The van der Waals surface area contributed by atoms with Crippen LogP contribution >= 0.6 is 11.3 Å². The van der Waals surface area contributed by atoms with E-state index in [0.717, 1.165) is 16.3 Å². The molecule has 3 aromatic rings. The van der Waals surface area contributed by atoms with Crippen LogP contribution in [-0.2, 0) is 11.4 Å². The number of aromatic nitrogens is 1. The van der Waals surface area contributed by atoms with E-state index in [1.807, 2.05) is 36.6 Å². The molecule has 2 amide bonds. The second-order valence-corrected chi connectivity index (χ2v) is 7.63. The van der Waals surface area contributed by atoms with Crippen molar-refractivity contribution in [2.45, 2.75) is 20.5 Å². The van der Waals surface area contributed by atoms with Gasteiger partial charge < -0.3 is 15.4 Å². The van der Waals surface area contributed by atoms with Crippen LogP contribution in [0.2, 0.25) is 0 Å². The van der Waals surface area contributed by atoms with E-state index >= 15 is 0 Å². The number of nitrogens with one attached hydrogen (secondary N) is 2. The third-order valence-electron chi connectivity index (χ3n) is 4.44. The Morgan fingerprint density at radius 3 is 2.67 bits per heavy atom. The van der Waals surface area contributed by atoms with Crippen molar-refractivity contribution in [1.82, 2.24) is 10.3 Å². The van der Waals surface area contributed by atoms with Crippen molar-refractivity contribution in [1.29, 1.82) is 0 Å². The summed E-state index contributed by atoms with van der Waals surface area (Å²) in [5, 5.41) is 8.39. The Kier molecular flexibility index (Phi) is 6.98. The number of carbonyl (C=O) groups is 2. The van der Waals surface area contributed by atoms with Crippen LogP contribution in [0.5, 0.6) is 5.75 Å². The molecule has 1 aromatic heterocycles. The zero-order valence-corrected chi connectivity index (χ0v) is 17.9. The lowest BCUT2D eigenvalue weighted by molar-refractivity contribution is -0.111. The quantitative estimate of drug-likeness (QED) is 0.556. The van der Waals surface area contributed by atoms with Gasteiger partial charge in [0.25, 0.3) is 5.91 Å². The SMILES string of the molecule is CNC(=O)c1cccc(NC(=O)/C=C/c2ccccc2OCc2csc(C)n2)c1C. The van der Waals surface area contributed by atoms with Crippen LogP contribution in [0.3, 0.4) is 0 Å². The zero-order chi connectivity index (χ0) is 21.5. The maximum absolute atomic E-state index is 12.4. The first-order valence-electron chi connectivity index (χ1n) is 9.41. The fourth-order valence-corrected chi connectivity index (χ4v) is 3.46. The molecule has 0 aliphatic rings.